The molecule has 0 heterocycles. The third-order valence-corrected chi connectivity index (χ3v) is 2.12. The largest absolute Gasteiger partial charge is 0.317 e. The van der Waals surface area contributed by atoms with Crippen molar-refractivity contribution in [2.24, 2.45) is 5.92 Å². The van der Waals surface area contributed by atoms with Crippen LogP contribution in [-0.4, -0.2) is 11.2 Å². The van der Waals surface area contributed by atoms with Crippen LogP contribution in [0.3, 0.4) is 0 Å². The first-order valence-electron chi connectivity index (χ1n) is 3.72. The summed E-state index contributed by atoms with van der Waals surface area (Å²) in [6, 6.07) is 0.369. The van der Waals surface area contributed by atoms with Crippen molar-refractivity contribution < 1.29 is 5.21 Å². The van der Waals surface area contributed by atoms with E-state index in [0.29, 0.717) is 6.04 Å². The van der Waals surface area contributed by atoms with Gasteiger partial charge in [0.15, 0.2) is 0 Å². The number of hydrogen-bond acceptors (Lipinski definition) is 2. The lowest BCUT2D eigenvalue weighted by atomic mass is 9.88. The maximum atomic E-state index is 8.56. The van der Waals surface area contributed by atoms with Crippen LogP contribution in [0.1, 0.15) is 32.6 Å². The van der Waals surface area contributed by atoms with Crippen molar-refractivity contribution in [2.45, 2.75) is 38.6 Å². The Labute approximate surface area is 56.2 Å². The molecule has 1 saturated carbocycles. The van der Waals surface area contributed by atoms with Crippen molar-refractivity contribution in [2.75, 3.05) is 0 Å². The van der Waals surface area contributed by atoms with Crippen LogP contribution in [-0.2, 0) is 0 Å². The Morgan fingerprint density at radius 1 is 1.44 bits per heavy atom. The van der Waals surface area contributed by atoms with Crippen molar-refractivity contribution in [3.8, 4) is 0 Å². The zero-order valence-electron chi connectivity index (χ0n) is 5.93. The minimum atomic E-state index is 0.369. The van der Waals surface area contributed by atoms with Crippen LogP contribution in [0.15, 0.2) is 0 Å². The van der Waals surface area contributed by atoms with Crippen molar-refractivity contribution >= 4 is 0 Å². The standard InChI is InChI=1S/C7H15NO/c1-6-3-2-4-7(5-6)8-9/h6-9H,2-5H2,1H3/t6-,7?/m0/s1. The van der Waals surface area contributed by atoms with Crippen LogP contribution < -0.4 is 5.48 Å². The topological polar surface area (TPSA) is 32.3 Å². The molecule has 0 aromatic rings. The molecule has 1 aliphatic rings. The molecule has 1 unspecified atom stereocenters. The van der Waals surface area contributed by atoms with Crippen molar-refractivity contribution in [1.29, 1.82) is 0 Å². The highest BCUT2D eigenvalue weighted by molar-refractivity contribution is 4.72. The third-order valence-electron chi connectivity index (χ3n) is 2.12. The van der Waals surface area contributed by atoms with Gasteiger partial charge in [-0.25, -0.2) is 5.48 Å². The molecule has 1 rings (SSSR count). The Morgan fingerprint density at radius 2 is 2.22 bits per heavy atom. The van der Waals surface area contributed by atoms with Gasteiger partial charge in [-0.15, -0.1) is 0 Å². The minimum absolute atomic E-state index is 0.369. The SMILES string of the molecule is C[C@H]1CCCC(NO)C1. The van der Waals surface area contributed by atoms with Gasteiger partial charge in [0.1, 0.15) is 0 Å². The normalized spacial score (nSPS) is 36.7. The number of nitrogens with one attached hydrogen (secondary N) is 1. The van der Waals surface area contributed by atoms with E-state index in [1.54, 1.807) is 0 Å². The van der Waals surface area contributed by atoms with Crippen LogP contribution in [0, 0.1) is 5.92 Å². The summed E-state index contributed by atoms with van der Waals surface area (Å²) in [7, 11) is 0. The van der Waals surface area contributed by atoms with Gasteiger partial charge in [-0.3, -0.25) is 0 Å². The van der Waals surface area contributed by atoms with Crippen LogP contribution >= 0.6 is 0 Å². The van der Waals surface area contributed by atoms with Crippen LogP contribution in [0.2, 0.25) is 0 Å². The van der Waals surface area contributed by atoms with Gasteiger partial charge in [-0.05, 0) is 18.8 Å². The average molecular weight is 129 g/mol. The lowest BCUT2D eigenvalue weighted by molar-refractivity contribution is 0.0956. The van der Waals surface area contributed by atoms with Gasteiger partial charge in [-0.2, -0.15) is 0 Å². The second-order valence-electron chi connectivity index (χ2n) is 3.10. The van der Waals surface area contributed by atoms with Gasteiger partial charge in [0, 0.05) is 6.04 Å². The fraction of sp³-hybridized carbons (Fsp3) is 1.00. The van der Waals surface area contributed by atoms with E-state index >= 15 is 0 Å². The van der Waals surface area contributed by atoms with Crippen LogP contribution in [0.4, 0.5) is 0 Å². The first kappa shape index (κ1) is 7.03. The molecule has 1 fully saturated rings. The Morgan fingerprint density at radius 3 is 2.67 bits per heavy atom. The number of hydroxylamine groups is 1. The number of rotatable bonds is 1. The van der Waals surface area contributed by atoms with E-state index in [-0.39, 0.29) is 0 Å². The summed E-state index contributed by atoms with van der Waals surface area (Å²) in [5.74, 6) is 0.795. The molecule has 0 saturated heterocycles. The molecule has 9 heavy (non-hydrogen) atoms. The average Bonchev–Trinajstić information content (AvgIpc) is 1.88. The second kappa shape index (κ2) is 3.18. The highest BCUT2D eigenvalue weighted by atomic mass is 16.5. The van der Waals surface area contributed by atoms with Crippen LogP contribution in [0.5, 0.6) is 0 Å². The molecule has 0 aromatic heterocycles. The van der Waals surface area contributed by atoms with E-state index in [1.165, 1.54) is 12.8 Å². The maximum Gasteiger partial charge on any atom is 0.0322 e. The van der Waals surface area contributed by atoms with E-state index in [2.05, 4.69) is 12.4 Å². The summed E-state index contributed by atoms with van der Waals surface area (Å²) in [4.78, 5) is 0. The molecular formula is C7H15NO. The van der Waals surface area contributed by atoms with E-state index in [9.17, 15) is 0 Å². The van der Waals surface area contributed by atoms with Crippen LogP contribution in [0.25, 0.3) is 0 Å². The molecule has 2 heteroatoms. The summed E-state index contributed by atoms with van der Waals surface area (Å²) in [6.45, 7) is 2.24. The third kappa shape index (κ3) is 1.95. The number of hydrogen-bond donors (Lipinski definition) is 2. The molecule has 2 atom stereocenters. The molecule has 54 valence electrons. The van der Waals surface area contributed by atoms with Gasteiger partial charge in [0.2, 0.25) is 0 Å². The van der Waals surface area contributed by atoms with E-state index in [1.807, 2.05) is 0 Å². The van der Waals surface area contributed by atoms with Gasteiger partial charge in [-0.1, -0.05) is 19.8 Å². The predicted molar refractivity (Wildman–Crippen MR) is 36.3 cm³/mol. The Hall–Kier alpha value is -0.0800. The van der Waals surface area contributed by atoms with E-state index < -0.39 is 0 Å². The van der Waals surface area contributed by atoms with E-state index in [0.717, 1.165) is 18.8 Å². The molecule has 1 aliphatic carbocycles. The van der Waals surface area contributed by atoms with Crippen molar-refractivity contribution in [1.82, 2.24) is 5.48 Å². The summed E-state index contributed by atoms with van der Waals surface area (Å²) < 4.78 is 0. The fourth-order valence-electron chi connectivity index (χ4n) is 1.55. The smallest absolute Gasteiger partial charge is 0.0322 e. The molecule has 0 radical (unpaired) electrons. The molecule has 2 N–H and O–H groups in total. The van der Waals surface area contributed by atoms with Gasteiger partial charge in [0.05, 0.1) is 0 Å². The van der Waals surface area contributed by atoms with Crippen molar-refractivity contribution in [3.63, 3.8) is 0 Å². The molecular weight excluding hydrogens is 114 g/mol. The van der Waals surface area contributed by atoms with E-state index in [4.69, 9.17) is 5.21 Å². The zero-order chi connectivity index (χ0) is 6.69. The first-order valence-corrected chi connectivity index (χ1v) is 3.72. The van der Waals surface area contributed by atoms with Gasteiger partial charge < -0.3 is 5.21 Å². The highest BCUT2D eigenvalue weighted by Gasteiger charge is 2.17. The Bertz CT molecular complexity index is 85.0. The summed E-state index contributed by atoms with van der Waals surface area (Å²) in [5, 5.41) is 8.56. The minimum Gasteiger partial charge on any atom is -0.317 e. The summed E-state index contributed by atoms with van der Waals surface area (Å²) >= 11 is 0. The maximum absolute atomic E-state index is 8.56. The Balaban J connectivity index is 2.23. The monoisotopic (exact) mass is 129 g/mol. The Kier molecular flexibility index (Phi) is 2.49. The van der Waals surface area contributed by atoms with Gasteiger partial charge >= 0.3 is 0 Å². The van der Waals surface area contributed by atoms with Gasteiger partial charge in [0.25, 0.3) is 0 Å². The molecule has 0 bridgehead atoms. The zero-order valence-corrected chi connectivity index (χ0v) is 5.93. The quantitative estimate of drug-likeness (QED) is 0.526. The fourth-order valence-corrected chi connectivity index (χ4v) is 1.55. The first-order chi connectivity index (χ1) is 4.33. The lowest BCUT2D eigenvalue weighted by Crippen LogP contribution is -2.30. The second-order valence-corrected chi connectivity index (χ2v) is 3.10. The molecule has 0 aliphatic heterocycles. The molecule has 0 aromatic carbocycles. The lowest BCUT2D eigenvalue weighted by Gasteiger charge is -2.24. The predicted octanol–water partition coefficient (Wildman–Crippen LogP) is 1.54. The molecule has 2 nitrogen and oxygen atoms in total. The van der Waals surface area contributed by atoms with Crippen molar-refractivity contribution in [3.05, 3.63) is 0 Å². The highest BCUT2D eigenvalue weighted by Crippen LogP contribution is 2.22. The summed E-state index contributed by atoms with van der Waals surface area (Å²) in [6.07, 6.45) is 4.87. The summed E-state index contributed by atoms with van der Waals surface area (Å²) in [5.41, 5.74) is 2.33. The molecule has 0 spiro atoms. The molecule has 0 amide bonds.